The van der Waals surface area contributed by atoms with E-state index >= 15 is 0 Å². The van der Waals surface area contributed by atoms with Crippen LogP contribution >= 0.6 is 15.9 Å². The van der Waals surface area contributed by atoms with Crippen molar-refractivity contribution >= 4 is 27.4 Å². The number of anilines is 1. The fourth-order valence-corrected chi connectivity index (χ4v) is 2.80. The smallest absolute Gasteiger partial charge is 0.274 e. The summed E-state index contributed by atoms with van der Waals surface area (Å²) in [5, 5.41) is 19.1. The zero-order valence-corrected chi connectivity index (χ0v) is 13.8. The molecule has 0 spiro atoms. The van der Waals surface area contributed by atoms with Gasteiger partial charge in [0.05, 0.1) is 16.3 Å². The van der Waals surface area contributed by atoms with Gasteiger partial charge in [0.15, 0.2) is 5.82 Å². The molecule has 2 N–H and O–H groups in total. The first-order valence-corrected chi connectivity index (χ1v) is 7.08. The minimum atomic E-state index is -0.414. The molecule has 0 fully saturated rings. The van der Waals surface area contributed by atoms with Crippen molar-refractivity contribution in [2.75, 3.05) is 5.73 Å². The Kier molecular flexibility index (Phi) is 3.75. The van der Waals surface area contributed by atoms with Crippen molar-refractivity contribution in [2.45, 2.75) is 33.1 Å². The lowest BCUT2D eigenvalue weighted by Crippen LogP contribution is -2.19. The average molecular weight is 354 g/mol. The molecule has 1 aromatic heterocycles. The zero-order valence-electron chi connectivity index (χ0n) is 12.2. The Morgan fingerprint density at radius 3 is 2.52 bits per heavy atom. The van der Waals surface area contributed by atoms with E-state index < -0.39 is 4.92 Å². The highest BCUT2D eigenvalue weighted by Gasteiger charge is 2.27. The van der Waals surface area contributed by atoms with Crippen molar-refractivity contribution in [1.29, 1.82) is 0 Å². The van der Waals surface area contributed by atoms with Crippen LogP contribution in [0.15, 0.2) is 16.6 Å². The quantitative estimate of drug-likeness (QED) is 0.660. The molecule has 0 amide bonds. The van der Waals surface area contributed by atoms with Gasteiger partial charge in [-0.2, -0.15) is 0 Å². The van der Waals surface area contributed by atoms with Crippen LogP contribution in [0.2, 0.25) is 0 Å². The van der Waals surface area contributed by atoms with E-state index in [1.165, 1.54) is 6.07 Å². The fraction of sp³-hybridized carbons (Fsp3) is 0.385. The number of hydrogen-bond acceptors (Lipinski definition) is 5. The molecule has 8 heteroatoms. The summed E-state index contributed by atoms with van der Waals surface area (Å²) in [4.78, 5) is 10.7. The summed E-state index contributed by atoms with van der Waals surface area (Å²) in [5.41, 5.74) is 7.45. The van der Waals surface area contributed by atoms with Gasteiger partial charge in [0.1, 0.15) is 0 Å². The third-order valence-corrected chi connectivity index (χ3v) is 3.73. The molecule has 0 unspecified atom stereocenters. The summed E-state index contributed by atoms with van der Waals surface area (Å²) in [7, 11) is 0. The van der Waals surface area contributed by atoms with Crippen molar-refractivity contribution in [3.05, 3.63) is 38.0 Å². The van der Waals surface area contributed by atoms with Crippen molar-refractivity contribution in [2.24, 2.45) is 0 Å². The highest BCUT2D eigenvalue weighted by atomic mass is 79.9. The van der Waals surface area contributed by atoms with Crippen molar-refractivity contribution in [3.63, 3.8) is 0 Å². The molecule has 7 nitrogen and oxygen atoms in total. The van der Waals surface area contributed by atoms with Crippen molar-refractivity contribution in [1.82, 2.24) is 15.0 Å². The van der Waals surface area contributed by atoms with Gasteiger partial charge >= 0.3 is 0 Å². The molecule has 1 aromatic carbocycles. The summed E-state index contributed by atoms with van der Waals surface area (Å²) >= 11 is 3.43. The maximum atomic E-state index is 11.1. The summed E-state index contributed by atoms with van der Waals surface area (Å²) < 4.78 is 2.24. The maximum Gasteiger partial charge on any atom is 0.274 e. The lowest BCUT2D eigenvalue weighted by molar-refractivity contribution is -0.385. The van der Waals surface area contributed by atoms with E-state index in [0.717, 1.165) is 0 Å². The van der Waals surface area contributed by atoms with Crippen LogP contribution in [0.3, 0.4) is 0 Å². The van der Waals surface area contributed by atoms with Gasteiger partial charge in [0.25, 0.3) is 5.69 Å². The topological polar surface area (TPSA) is 99.9 Å². The van der Waals surface area contributed by atoms with E-state index in [9.17, 15) is 10.1 Å². The van der Waals surface area contributed by atoms with E-state index in [4.69, 9.17) is 5.73 Å². The van der Waals surface area contributed by atoms with Crippen LogP contribution in [0.1, 0.15) is 32.0 Å². The van der Waals surface area contributed by atoms with Gasteiger partial charge in [-0.3, -0.25) is 10.1 Å². The molecular formula is C13H16BrN5O2. The molecule has 0 bridgehead atoms. The molecule has 1 heterocycles. The number of hydrogen-bond donors (Lipinski definition) is 1. The van der Waals surface area contributed by atoms with Gasteiger partial charge in [-0.25, -0.2) is 4.68 Å². The number of aromatic nitrogens is 3. The van der Waals surface area contributed by atoms with Crippen LogP contribution in [0.4, 0.5) is 11.5 Å². The van der Waals surface area contributed by atoms with E-state index in [1.54, 1.807) is 17.7 Å². The Hall–Kier alpha value is -1.96. The van der Waals surface area contributed by atoms with Gasteiger partial charge in [-0.1, -0.05) is 26.0 Å². The molecule has 0 saturated heterocycles. The summed E-state index contributed by atoms with van der Waals surface area (Å²) in [6, 6.07) is 3.17. The summed E-state index contributed by atoms with van der Waals surface area (Å²) in [6.07, 6.45) is 0. The van der Waals surface area contributed by atoms with Crippen LogP contribution in [-0.2, 0) is 5.41 Å². The molecule has 21 heavy (non-hydrogen) atoms. The first-order chi connectivity index (χ1) is 9.62. The molecule has 2 rings (SSSR count). The number of nitrogens with zero attached hydrogens (tertiary/aromatic N) is 4. The molecule has 112 valence electrons. The monoisotopic (exact) mass is 353 g/mol. The minimum absolute atomic E-state index is 0.0298. The Morgan fingerprint density at radius 2 is 2.00 bits per heavy atom. The SMILES string of the molecule is Cc1cc(Br)c(-n2nnc(N)c2C(C)(C)C)cc1[N+](=O)[O-]. The van der Waals surface area contributed by atoms with Gasteiger partial charge in [0, 0.05) is 21.5 Å². The Bertz CT molecular complexity index is 718. The number of halogens is 1. The van der Waals surface area contributed by atoms with Crippen LogP contribution in [0.25, 0.3) is 5.69 Å². The fourth-order valence-electron chi connectivity index (χ4n) is 2.17. The number of nitrogen functional groups attached to an aromatic ring is 1. The predicted octanol–water partition coefficient (Wildman–Crippen LogP) is 3.13. The molecule has 0 aliphatic heterocycles. The molecule has 0 saturated carbocycles. The van der Waals surface area contributed by atoms with Gasteiger partial charge in [0.2, 0.25) is 0 Å². The largest absolute Gasteiger partial charge is 0.381 e. The summed E-state index contributed by atoms with van der Waals surface area (Å²) in [6.45, 7) is 7.63. The van der Waals surface area contributed by atoms with Crippen LogP contribution in [0, 0.1) is 17.0 Å². The average Bonchev–Trinajstić information content (AvgIpc) is 2.70. The zero-order chi connectivity index (χ0) is 15.9. The van der Waals surface area contributed by atoms with Crippen LogP contribution < -0.4 is 5.73 Å². The Morgan fingerprint density at radius 1 is 1.38 bits per heavy atom. The lowest BCUT2D eigenvalue weighted by Gasteiger charge is -2.20. The normalized spacial score (nSPS) is 11.7. The highest BCUT2D eigenvalue weighted by Crippen LogP contribution is 2.34. The lowest BCUT2D eigenvalue weighted by atomic mass is 9.91. The number of aryl methyl sites for hydroxylation is 1. The molecule has 0 aliphatic carbocycles. The molecular weight excluding hydrogens is 338 g/mol. The number of nitrogens with two attached hydrogens (primary N) is 1. The number of benzene rings is 1. The standard InChI is InChI=1S/C13H16BrN5O2/c1-7-5-8(14)10(6-9(7)19(20)21)18-11(13(2,3)4)12(15)16-17-18/h5-6H,15H2,1-4H3. The van der Waals surface area contributed by atoms with Gasteiger partial charge < -0.3 is 5.73 Å². The first kappa shape index (κ1) is 15.4. The van der Waals surface area contributed by atoms with Crippen LogP contribution in [-0.4, -0.2) is 19.9 Å². The number of rotatable bonds is 2. The third-order valence-electron chi connectivity index (χ3n) is 3.10. The van der Waals surface area contributed by atoms with Gasteiger partial charge in [-0.15, -0.1) is 5.10 Å². The maximum absolute atomic E-state index is 11.1. The molecule has 2 aromatic rings. The van der Waals surface area contributed by atoms with Crippen LogP contribution in [0.5, 0.6) is 0 Å². The van der Waals surface area contributed by atoms with Crippen molar-refractivity contribution < 1.29 is 4.92 Å². The summed E-state index contributed by atoms with van der Waals surface area (Å²) in [5.74, 6) is 0.317. The number of nitro groups is 1. The van der Waals surface area contributed by atoms with E-state index in [2.05, 4.69) is 26.2 Å². The third kappa shape index (κ3) is 2.76. The van der Waals surface area contributed by atoms with E-state index in [1.807, 2.05) is 20.8 Å². The second-order valence-corrected chi connectivity index (χ2v) is 6.69. The van der Waals surface area contributed by atoms with E-state index in [-0.39, 0.29) is 11.1 Å². The number of nitro benzene ring substituents is 1. The Balaban J connectivity index is 2.74. The highest BCUT2D eigenvalue weighted by molar-refractivity contribution is 9.10. The first-order valence-electron chi connectivity index (χ1n) is 6.29. The minimum Gasteiger partial charge on any atom is -0.381 e. The second-order valence-electron chi connectivity index (χ2n) is 5.83. The molecule has 0 radical (unpaired) electrons. The van der Waals surface area contributed by atoms with Gasteiger partial charge in [-0.05, 0) is 28.9 Å². The van der Waals surface area contributed by atoms with Crippen molar-refractivity contribution in [3.8, 4) is 5.69 Å². The molecule has 0 aliphatic rings. The predicted molar refractivity (Wildman–Crippen MR) is 83.6 cm³/mol. The van der Waals surface area contributed by atoms with E-state index in [0.29, 0.717) is 27.2 Å². The Labute approximate surface area is 130 Å². The second kappa shape index (κ2) is 5.10. The molecule has 0 atom stereocenters.